The van der Waals surface area contributed by atoms with Gasteiger partial charge in [0.1, 0.15) is 5.71 Å². The largest absolute Gasteiger partial charge is 0.342 e. The Morgan fingerprint density at radius 3 is 2.27 bits per heavy atom. The SMILES string of the molecule is CCCCC(=NOC(C)=O)C(=O)c1ccc(Sc2ccc(C=C3CCN(C)C3=O)cc2)cc1. The molecule has 1 aliphatic rings. The van der Waals surface area contributed by atoms with Crippen molar-refractivity contribution in [1.82, 2.24) is 4.90 Å². The highest BCUT2D eigenvalue weighted by molar-refractivity contribution is 7.99. The van der Waals surface area contributed by atoms with Crippen LogP contribution in [0, 0.1) is 0 Å². The van der Waals surface area contributed by atoms with Gasteiger partial charge in [-0.25, -0.2) is 4.79 Å². The molecule has 1 saturated heterocycles. The maximum absolute atomic E-state index is 12.8. The van der Waals surface area contributed by atoms with E-state index in [0.29, 0.717) is 12.0 Å². The molecule has 0 N–H and O–H groups in total. The van der Waals surface area contributed by atoms with Gasteiger partial charge in [-0.05, 0) is 67.3 Å². The van der Waals surface area contributed by atoms with Crippen LogP contribution in [0.4, 0.5) is 0 Å². The molecule has 0 bridgehead atoms. The average molecular weight is 465 g/mol. The lowest BCUT2D eigenvalue weighted by atomic mass is 10.0. The number of hydrogen-bond donors (Lipinski definition) is 0. The van der Waals surface area contributed by atoms with Crippen LogP contribution in [-0.2, 0) is 14.4 Å². The number of unbranched alkanes of at least 4 members (excludes halogenated alkanes) is 1. The quantitative estimate of drug-likeness (QED) is 0.164. The number of amides is 1. The van der Waals surface area contributed by atoms with E-state index in [9.17, 15) is 14.4 Å². The van der Waals surface area contributed by atoms with Gasteiger partial charge in [0.2, 0.25) is 11.7 Å². The highest BCUT2D eigenvalue weighted by atomic mass is 32.2. The van der Waals surface area contributed by atoms with Crippen molar-refractivity contribution in [1.29, 1.82) is 0 Å². The molecule has 0 aromatic heterocycles. The van der Waals surface area contributed by atoms with Crippen molar-refractivity contribution in [3.05, 3.63) is 65.2 Å². The van der Waals surface area contributed by atoms with Crippen molar-refractivity contribution in [3.8, 4) is 0 Å². The monoisotopic (exact) mass is 464 g/mol. The first-order chi connectivity index (χ1) is 15.9. The Hall–Kier alpha value is -3.19. The van der Waals surface area contributed by atoms with Crippen molar-refractivity contribution in [2.24, 2.45) is 5.16 Å². The van der Waals surface area contributed by atoms with E-state index in [1.54, 1.807) is 28.8 Å². The molecule has 172 valence electrons. The Balaban J connectivity index is 1.65. The minimum atomic E-state index is -0.548. The van der Waals surface area contributed by atoms with Crippen molar-refractivity contribution in [2.75, 3.05) is 13.6 Å². The first-order valence-corrected chi connectivity index (χ1v) is 11.8. The Kier molecular flexibility index (Phi) is 8.60. The Bertz CT molecular complexity index is 1070. The summed E-state index contributed by atoms with van der Waals surface area (Å²) >= 11 is 1.59. The van der Waals surface area contributed by atoms with Crippen LogP contribution in [0.3, 0.4) is 0 Å². The highest BCUT2D eigenvalue weighted by Crippen LogP contribution is 2.29. The summed E-state index contributed by atoms with van der Waals surface area (Å²) in [5.74, 6) is -0.683. The van der Waals surface area contributed by atoms with Crippen LogP contribution in [0.1, 0.15) is 55.5 Å². The normalized spacial score (nSPS) is 15.2. The van der Waals surface area contributed by atoms with Crippen LogP contribution >= 0.6 is 11.8 Å². The second-order valence-corrected chi connectivity index (χ2v) is 9.04. The molecule has 2 aromatic carbocycles. The van der Waals surface area contributed by atoms with E-state index in [1.807, 2.05) is 56.4 Å². The number of benzene rings is 2. The summed E-state index contributed by atoms with van der Waals surface area (Å²) in [6, 6.07) is 15.4. The van der Waals surface area contributed by atoms with Gasteiger partial charge in [0.15, 0.2) is 0 Å². The standard InChI is InChI=1S/C26H28N2O4S/c1-4-5-6-24(27-32-18(2)29)25(30)20-9-13-23(14-10-20)33-22-11-7-19(8-12-22)17-21-15-16-28(3)26(21)31/h7-14,17H,4-6,15-16H2,1-3H3. The van der Waals surface area contributed by atoms with Crippen molar-refractivity contribution in [3.63, 3.8) is 0 Å². The van der Waals surface area contributed by atoms with Crippen molar-refractivity contribution in [2.45, 2.75) is 49.3 Å². The summed E-state index contributed by atoms with van der Waals surface area (Å²) in [5.41, 5.74) is 2.61. The molecule has 0 spiro atoms. The number of nitrogens with zero attached hydrogens (tertiary/aromatic N) is 2. The number of oxime groups is 1. The lowest BCUT2D eigenvalue weighted by molar-refractivity contribution is -0.140. The summed E-state index contributed by atoms with van der Waals surface area (Å²) in [6.07, 6.45) is 4.89. The third-order valence-electron chi connectivity index (χ3n) is 5.22. The Morgan fingerprint density at radius 2 is 1.73 bits per heavy atom. The molecule has 2 aromatic rings. The van der Waals surface area contributed by atoms with Crippen LogP contribution < -0.4 is 0 Å². The summed E-state index contributed by atoms with van der Waals surface area (Å²) < 4.78 is 0. The molecule has 0 atom stereocenters. The predicted octanol–water partition coefficient (Wildman–Crippen LogP) is 5.38. The first kappa shape index (κ1) is 24.5. The fraction of sp³-hybridized carbons (Fsp3) is 0.308. The molecule has 33 heavy (non-hydrogen) atoms. The molecule has 1 heterocycles. The number of carbonyl (C=O) groups is 3. The number of likely N-dealkylation sites (N-methyl/N-ethyl adjacent to an activating group) is 1. The Labute approximate surface area is 198 Å². The maximum atomic E-state index is 12.8. The fourth-order valence-corrected chi connectivity index (χ4v) is 4.17. The van der Waals surface area contributed by atoms with Crippen LogP contribution in [0.2, 0.25) is 0 Å². The van der Waals surface area contributed by atoms with Crippen LogP contribution in [0.15, 0.2) is 69.1 Å². The van der Waals surface area contributed by atoms with Gasteiger partial charge in [0.05, 0.1) is 0 Å². The Morgan fingerprint density at radius 1 is 1.09 bits per heavy atom. The highest BCUT2D eigenvalue weighted by Gasteiger charge is 2.22. The summed E-state index contributed by atoms with van der Waals surface area (Å²) in [6.45, 7) is 4.05. The predicted molar refractivity (Wildman–Crippen MR) is 130 cm³/mol. The van der Waals surface area contributed by atoms with Crippen LogP contribution in [0.25, 0.3) is 6.08 Å². The zero-order valence-electron chi connectivity index (χ0n) is 19.2. The summed E-state index contributed by atoms with van der Waals surface area (Å²) in [4.78, 5) is 44.4. The van der Waals surface area contributed by atoms with Gasteiger partial charge in [0, 0.05) is 41.4 Å². The van der Waals surface area contributed by atoms with Gasteiger partial charge in [-0.1, -0.05) is 42.4 Å². The van der Waals surface area contributed by atoms with Gasteiger partial charge >= 0.3 is 5.97 Å². The first-order valence-electron chi connectivity index (χ1n) is 11.0. The van der Waals surface area contributed by atoms with E-state index >= 15 is 0 Å². The molecular formula is C26H28N2O4S. The molecule has 1 amide bonds. The van der Waals surface area contributed by atoms with E-state index < -0.39 is 5.97 Å². The second kappa shape index (κ2) is 11.6. The minimum Gasteiger partial charge on any atom is -0.342 e. The molecule has 6 nitrogen and oxygen atoms in total. The van der Waals surface area contributed by atoms with Crippen molar-refractivity contribution >= 4 is 41.2 Å². The molecule has 0 aliphatic carbocycles. The van der Waals surface area contributed by atoms with E-state index in [0.717, 1.165) is 46.7 Å². The molecule has 1 fully saturated rings. The average Bonchev–Trinajstić information content (AvgIpc) is 3.12. The lowest BCUT2D eigenvalue weighted by Gasteiger charge is -2.07. The van der Waals surface area contributed by atoms with Gasteiger partial charge in [0.25, 0.3) is 0 Å². The number of ketones is 1. The molecule has 3 rings (SSSR count). The maximum Gasteiger partial charge on any atom is 0.331 e. The summed E-state index contributed by atoms with van der Waals surface area (Å²) in [5, 5.41) is 3.76. The molecular weight excluding hydrogens is 436 g/mol. The fourth-order valence-electron chi connectivity index (χ4n) is 3.35. The molecule has 1 aliphatic heterocycles. The van der Waals surface area contributed by atoms with Crippen molar-refractivity contribution < 1.29 is 19.2 Å². The van der Waals surface area contributed by atoms with E-state index in [2.05, 4.69) is 5.16 Å². The zero-order valence-corrected chi connectivity index (χ0v) is 20.0. The summed E-state index contributed by atoms with van der Waals surface area (Å²) in [7, 11) is 1.82. The number of hydrogen-bond acceptors (Lipinski definition) is 6. The van der Waals surface area contributed by atoms with E-state index in [4.69, 9.17) is 4.84 Å². The van der Waals surface area contributed by atoms with E-state index in [-0.39, 0.29) is 17.4 Å². The topological polar surface area (TPSA) is 76.0 Å². The van der Waals surface area contributed by atoms with Gasteiger partial charge < -0.3 is 9.74 Å². The van der Waals surface area contributed by atoms with Gasteiger partial charge in [-0.15, -0.1) is 0 Å². The third kappa shape index (κ3) is 6.89. The van der Waals surface area contributed by atoms with Crippen LogP contribution in [0.5, 0.6) is 0 Å². The number of Topliss-reactive ketones (excluding diaryl/α,β-unsaturated/α-hetero) is 1. The van der Waals surface area contributed by atoms with Gasteiger partial charge in [-0.3, -0.25) is 9.59 Å². The molecule has 0 unspecified atom stereocenters. The zero-order chi connectivity index (χ0) is 23.8. The lowest BCUT2D eigenvalue weighted by Crippen LogP contribution is -2.18. The van der Waals surface area contributed by atoms with E-state index in [1.165, 1.54) is 6.92 Å². The molecule has 0 radical (unpaired) electrons. The molecule has 7 heteroatoms. The molecule has 0 saturated carbocycles. The number of carbonyl (C=O) groups excluding carboxylic acids is 3. The minimum absolute atomic E-state index is 0.0961. The van der Waals surface area contributed by atoms with Gasteiger partial charge in [-0.2, -0.15) is 0 Å². The number of likely N-dealkylation sites (tertiary alicyclic amines) is 1. The second-order valence-electron chi connectivity index (χ2n) is 7.90. The van der Waals surface area contributed by atoms with Crippen LogP contribution in [-0.4, -0.2) is 41.9 Å². The smallest absolute Gasteiger partial charge is 0.331 e. The third-order valence-corrected chi connectivity index (χ3v) is 6.24. The number of rotatable bonds is 9.